The van der Waals surface area contributed by atoms with Crippen molar-refractivity contribution in [1.29, 1.82) is 0 Å². The van der Waals surface area contributed by atoms with E-state index in [1.165, 1.54) is 23.0 Å². The van der Waals surface area contributed by atoms with Crippen molar-refractivity contribution in [1.82, 2.24) is 9.55 Å². The van der Waals surface area contributed by atoms with Gasteiger partial charge in [-0.15, -0.1) is 11.3 Å². The number of benzene rings is 2. The van der Waals surface area contributed by atoms with E-state index in [0.717, 1.165) is 66.5 Å². The molecule has 2 aromatic heterocycles. The number of nitrogens with zero attached hydrogens (tertiary/aromatic N) is 2. The molecule has 3 heterocycles. The Bertz CT molecular complexity index is 1460. The van der Waals surface area contributed by atoms with Gasteiger partial charge >= 0.3 is 6.09 Å². The minimum Gasteiger partial charge on any atom is -0.490 e. The Balaban J connectivity index is 1.45. The quantitative estimate of drug-likeness (QED) is 0.255. The van der Waals surface area contributed by atoms with Crippen LogP contribution in [0.5, 0.6) is 5.75 Å². The van der Waals surface area contributed by atoms with Gasteiger partial charge in [0.2, 0.25) is 0 Å². The molecule has 0 spiro atoms. The van der Waals surface area contributed by atoms with E-state index < -0.39 is 6.09 Å². The Kier molecular flexibility index (Phi) is 7.32. The number of amides is 1. The molecule has 0 radical (unpaired) electrons. The number of carbonyl (C=O) groups is 1. The van der Waals surface area contributed by atoms with Crippen LogP contribution >= 0.6 is 11.3 Å². The van der Waals surface area contributed by atoms with Crippen LogP contribution in [0.4, 0.5) is 10.5 Å². The maximum absolute atomic E-state index is 12.1. The van der Waals surface area contributed by atoms with Crippen molar-refractivity contribution in [3.05, 3.63) is 52.9 Å². The standard InChI is InChI=1S/C31H35N3O4S/c1-19(2)37-31(35)33-22-9-7-21(8-10-22)30-29(27-18-39-20(3)32-27)26-12-11-25(38-24-13-15-36-16-14-24)17-28(26)34(30)23-5-4-6-23/h7-12,17-19,23-24H,4-6,13-16H2,1-3H3,(H,33,35). The van der Waals surface area contributed by atoms with Crippen LogP contribution in [0.25, 0.3) is 33.4 Å². The van der Waals surface area contributed by atoms with Crippen LogP contribution in [0, 0.1) is 6.92 Å². The summed E-state index contributed by atoms with van der Waals surface area (Å²) in [6.45, 7) is 7.23. The molecule has 1 aliphatic heterocycles. The lowest BCUT2D eigenvalue weighted by atomic mass is 9.92. The molecule has 1 saturated heterocycles. The lowest BCUT2D eigenvalue weighted by Gasteiger charge is -2.30. The summed E-state index contributed by atoms with van der Waals surface area (Å²) >= 11 is 1.67. The Morgan fingerprint density at radius 2 is 1.87 bits per heavy atom. The van der Waals surface area contributed by atoms with Gasteiger partial charge in [0.05, 0.1) is 41.2 Å². The highest BCUT2D eigenvalue weighted by molar-refractivity contribution is 7.09. The molecule has 2 fully saturated rings. The Morgan fingerprint density at radius 3 is 2.51 bits per heavy atom. The van der Waals surface area contributed by atoms with Crippen molar-refractivity contribution < 1.29 is 19.0 Å². The van der Waals surface area contributed by atoms with Gasteiger partial charge in [0.15, 0.2) is 0 Å². The average Bonchev–Trinajstić information content (AvgIpc) is 3.45. The van der Waals surface area contributed by atoms with Crippen LogP contribution in [0.3, 0.4) is 0 Å². The molecule has 1 amide bonds. The monoisotopic (exact) mass is 545 g/mol. The third-order valence-electron chi connectivity index (χ3n) is 7.51. The molecule has 2 aliphatic rings. The number of carbonyl (C=O) groups excluding carboxylic acids is 1. The van der Waals surface area contributed by atoms with E-state index in [1.54, 1.807) is 11.3 Å². The highest BCUT2D eigenvalue weighted by Crippen LogP contribution is 2.47. The van der Waals surface area contributed by atoms with Crippen molar-refractivity contribution in [2.45, 2.75) is 71.1 Å². The van der Waals surface area contributed by atoms with Gasteiger partial charge < -0.3 is 18.8 Å². The normalized spacial score (nSPS) is 16.4. The number of fused-ring (bicyclic) bond motifs is 1. The number of hydrogen-bond acceptors (Lipinski definition) is 6. The summed E-state index contributed by atoms with van der Waals surface area (Å²) < 4.78 is 19.7. The summed E-state index contributed by atoms with van der Waals surface area (Å²) in [7, 11) is 0. The molecule has 0 atom stereocenters. The van der Waals surface area contributed by atoms with Gasteiger partial charge in [0, 0.05) is 47.0 Å². The molecule has 39 heavy (non-hydrogen) atoms. The van der Waals surface area contributed by atoms with Gasteiger partial charge in [-0.3, -0.25) is 5.32 Å². The van der Waals surface area contributed by atoms with Gasteiger partial charge in [0.25, 0.3) is 0 Å². The summed E-state index contributed by atoms with van der Waals surface area (Å²) in [5, 5.41) is 7.21. The SMILES string of the molecule is Cc1nc(-c2c(-c3ccc(NC(=O)OC(C)C)cc3)n(C3CCC3)c3cc(OC4CCOCC4)ccc23)cs1. The maximum atomic E-state index is 12.1. The van der Waals surface area contributed by atoms with Gasteiger partial charge in [-0.2, -0.15) is 0 Å². The average molecular weight is 546 g/mol. The largest absolute Gasteiger partial charge is 0.490 e. The van der Waals surface area contributed by atoms with E-state index in [9.17, 15) is 4.79 Å². The molecule has 4 aromatic rings. The first-order valence-electron chi connectivity index (χ1n) is 13.9. The molecular formula is C31H35N3O4S. The molecule has 1 aliphatic carbocycles. The second-order valence-corrected chi connectivity index (χ2v) is 11.8. The summed E-state index contributed by atoms with van der Waals surface area (Å²) in [5.74, 6) is 0.906. The number of thiazole rings is 1. The zero-order valence-corrected chi connectivity index (χ0v) is 23.6. The van der Waals surface area contributed by atoms with Crippen molar-refractivity contribution in [3.8, 4) is 28.3 Å². The first-order valence-corrected chi connectivity index (χ1v) is 14.8. The van der Waals surface area contributed by atoms with Gasteiger partial charge in [0.1, 0.15) is 11.9 Å². The Hall–Kier alpha value is -3.36. The summed E-state index contributed by atoms with van der Waals surface area (Å²) in [5.41, 5.74) is 6.29. The zero-order valence-electron chi connectivity index (χ0n) is 22.7. The van der Waals surface area contributed by atoms with Gasteiger partial charge in [-0.25, -0.2) is 9.78 Å². The fraction of sp³-hybridized carbons (Fsp3) is 0.419. The zero-order chi connectivity index (χ0) is 26.9. The first kappa shape index (κ1) is 25.9. The number of aryl methyl sites for hydroxylation is 1. The summed E-state index contributed by atoms with van der Waals surface area (Å²) in [4.78, 5) is 17.1. The second-order valence-electron chi connectivity index (χ2n) is 10.7. The number of aromatic nitrogens is 2. The van der Waals surface area contributed by atoms with E-state index >= 15 is 0 Å². The van der Waals surface area contributed by atoms with Crippen LogP contribution in [0.15, 0.2) is 47.8 Å². The molecule has 0 unspecified atom stereocenters. The van der Waals surface area contributed by atoms with Crippen molar-refractivity contribution in [3.63, 3.8) is 0 Å². The van der Waals surface area contributed by atoms with E-state index in [4.69, 9.17) is 19.2 Å². The van der Waals surface area contributed by atoms with E-state index in [-0.39, 0.29) is 12.2 Å². The van der Waals surface area contributed by atoms with E-state index in [0.29, 0.717) is 11.7 Å². The second kappa shape index (κ2) is 11.0. The minimum atomic E-state index is -0.447. The van der Waals surface area contributed by atoms with Crippen LogP contribution in [-0.4, -0.2) is 41.1 Å². The highest BCUT2D eigenvalue weighted by Gasteiger charge is 2.29. The molecule has 6 rings (SSSR count). The molecule has 1 saturated carbocycles. The maximum Gasteiger partial charge on any atom is 0.411 e. The van der Waals surface area contributed by atoms with E-state index in [1.807, 2.05) is 26.0 Å². The molecular weight excluding hydrogens is 510 g/mol. The molecule has 0 bridgehead atoms. The number of ether oxygens (including phenoxy) is 3. The van der Waals surface area contributed by atoms with Gasteiger partial charge in [-0.1, -0.05) is 12.1 Å². The minimum absolute atomic E-state index is 0.174. The van der Waals surface area contributed by atoms with Crippen LogP contribution in [0.1, 0.15) is 57.0 Å². The number of nitrogens with one attached hydrogen (secondary N) is 1. The number of anilines is 1. The number of rotatable bonds is 7. The predicted molar refractivity (Wildman–Crippen MR) is 156 cm³/mol. The first-order chi connectivity index (χ1) is 19.0. The fourth-order valence-electron chi connectivity index (χ4n) is 5.47. The van der Waals surface area contributed by atoms with Crippen molar-refractivity contribution in [2.24, 2.45) is 0 Å². The topological polar surface area (TPSA) is 74.6 Å². The lowest BCUT2D eigenvalue weighted by molar-refractivity contribution is 0.0256. The Morgan fingerprint density at radius 1 is 1.10 bits per heavy atom. The molecule has 7 nitrogen and oxygen atoms in total. The van der Waals surface area contributed by atoms with Crippen molar-refractivity contribution in [2.75, 3.05) is 18.5 Å². The number of hydrogen-bond donors (Lipinski definition) is 1. The highest BCUT2D eigenvalue weighted by atomic mass is 32.1. The molecule has 2 aromatic carbocycles. The smallest absolute Gasteiger partial charge is 0.411 e. The lowest BCUT2D eigenvalue weighted by Crippen LogP contribution is -2.25. The fourth-order valence-corrected chi connectivity index (χ4v) is 6.07. The van der Waals surface area contributed by atoms with Crippen LogP contribution in [0.2, 0.25) is 0 Å². The summed E-state index contributed by atoms with van der Waals surface area (Å²) in [6, 6.07) is 15.0. The molecule has 1 N–H and O–H groups in total. The molecule has 204 valence electrons. The Labute approximate surface area is 233 Å². The third-order valence-corrected chi connectivity index (χ3v) is 8.28. The van der Waals surface area contributed by atoms with E-state index in [2.05, 4.69) is 52.5 Å². The third kappa shape index (κ3) is 5.40. The summed E-state index contributed by atoms with van der Waals surface area (Å²) in [6.07, 6.45) is 4.93. The molecule has 8 heteroatoms. The van der Waals surface area contributed by atoms with Crippen LogP contribution in [-0.2, 0) is 9.47 Å². The van der Waals surface area contributed by atoms with Crippen molar-refractivity contribution >= 4 is 34.0 Å². The predicted octanol–water partition coefficient (Wildman–Crippen LogP) is 7.98. The van der Waals surface area contributed by atoms with Crippen LogP contribution < -0.4 is 10.1 Å². The van der Waals surface area contributed by atoms with Gasteiger partial charge in [-0.05, 0) is 69.9 Å².